The maximum Gasteiger partial charge on any atom is 0.265 e. The van der Waals surface area contributed by atoms with E-state index in [9.17, 15) is 4.79 Å². The largest absolute Gasteiger partial charge is 0.481 e. The molecule has 0 saturated heterocycles. The van der Waals surface area contributed by atoms with Gasteiger partial charge in [-0.1, -0.05) is 31.2 Å². The van der Waals surface area contributed by atoms with E-state index in [1.54, 1.807) is 0 Å². The molecule has 1 amide bonds. The fourth-order valence-electron chi connectivity index (χ4n) is 3.30. The molecule has 0 radical (unpaired) electrons. The predicted molar refractivity (Wildman–Crippen MR) is 113 cm³/mol. The lowest BCUT2D eigenvalue weighted by Crippen LogP contribution is -2.32. The number of hydrogen-bond donors (Lipinski definition) is 1. The zero-order chi connectivity index (χ0) is 19.7. The minimum absolute atomic E-state index is 0.170. The summed E-state index contributed by atoms with van der Waals surface area (Å²) in [6.45, 7) is 6.02. The molecule has 4 aromatic rings. The molecule has 0 fully saturated rings. The van der Waals surface area contributed by atoms with Crippen LogP contribution in [-0.4, -0.2) is 12.0 Å². The molecule has 4 nitrogen and oxygen atoms in total. The van der Waals surface area contributed by atoms with Crippen molar-refractivity contribution >= 4 is 33.5 Å². The fourth-order valence-corrected chi connectivity index (χ4v) is 3.30. The van der Waals surface area contributed by atoms with E-state index >= 15 is 0 Å². The molecule has 1 atom stereocenters. The second kappa shape index (κ2) is 7.39. The number of aryl methyl sites for hydroxylation is 2. The molecule has 0 saturated carbocycles. The number of nitrogens with one attached hydrogen (secondary N) is 1. The molecule has 1 heterocycles. The van der Waals surface area contributed by atoms with E-state index in [1.807, 2.05) is 74.5 Å². The summed E-state index contributed by atoms with van der Waals surface area (Å²) in [6.07, 6.45) is 0.0134. The molecule has 3 aromatic carbocycles. The number of hydrogen-bond acceptors (Lipinski definition) is 3. The van der Waals surface area contributed by atoms with Gasteiger partial charge >= 0.3 is 0 Å². The van der Waals surface area contributed by atoms with E-state index in [0.29, 0.717) is 17.9 Å². The van der Waals surface area contributed by atoms with Crippen LogP contribution in [0.1, 0.15) is 24.5 Å². The highest BCUT2D eigenvalue weighted by molar-refractivity contribution is 6.06. The maximum atomic E-state index is 12.7. The van der Waals surface area contributed by atoms with Crippen molar-refractivity contribution in [1.29, 1.82) is 0 Å². The Morgan fingerprint density at radius 2 is 1.75 bits per heavy atom. The topological polar surface area (TPSA) is 51.5 Å². The summed E-state index contributed by atoms with van der Waals surface area (Å²) in [5.41, 5.74) is 4.62. The third-order valence-electron chi connectivity index (χ3n) is 5.07. The first-order chi connectivity index (χ1) is 13.5. The predicted octanol–water partition coefficient (Wildman–Crippen LogP) is 6.00. The Balaban J connectivity index is 1.53. The molecule has 1 N–H and O–H groups in total. The molecule has 0 spiro atoms. The molecular formula is C24H23NO3. The average molecular weight is 373 g/mol. The van der Waals surface area contributed by atoms with Crippen molar-refractivity contribution < 1.29 is 13.9 Å². The van der Waals surface area contributed by atoms with Crippen LogP contribution >= 0.6 is 0 Å². The monoisotopic (exact) mass is 373 g/mol. The van der Waals surface area contributed by atoms with Crippen LogP contribution in [0.4, 0.5) is 5.69 Å². The first-order valence-corrected chi connectivity index (χ1v) is 9.51. The van der Waals surface area contributed by atoms with Gasteiger partial charge in [0.2, 0.25) is 0 Å². The quantitative estimate of drug-likeness (QED) is 0.467. The fraction of sp³-hybridized carbons (Fsp3) is 0.208. The van der Waals surface area contributed by atoms with Crippen LogP contribution in [0.25, 0.3) is 21.9 Å². The third-order valence-corrected chi connectivity index (χ3v) is 5.07. The average Bonchev–Trinajstić information content (AvgIpc) is 3.06. The van der Waals surface area contributed by atoms with Gasteiger partial charge in [0, 0.05) is 22.5 Å². The Bertz CT molecular complexity index is 1160. The molecule has 4 heteroatoms. The van der Waals surface area contributed by atoms with E-state index in [2.05, 4.69) is 12.2 Å². The Morgan fingerprint density at radius 3 is 2.54 bits per heavy atom. The van der Waals surface area contributed by atoms with Crippen LogP contribution in [0.3, 0.4) is 0 Å². The van der Waals surface area contributed by atoms with Gasteiger partial charge in [-0.05, 0) is 61.7 Å². The summed E-state index contributed by atoms with van der Waals surface area (Å²) in [5.74, 6) is 0.536. The van der Waals surface area contributed by atoms with Gasteiger partial charge in [-0.2, -0.15) is 0 Å². The second-order valence-electron chi connectivity index (χ2n) is 7.06. The van der Waals surface area contributed by atoms with Crippen molar-refractivity contribution in [1.82, 2.24) is 0 Å². The van der Waals surface area contributed by atoms with Crippen molar-refractivity contribution in [3.8, 4) is 5.75 Å². The molecule has 0 bridgehead atoms. The lowest BCUT2D eigenvalue weighted by atomic mass is 10.1. The number of rotatable bonds is 5. The van der Waals surface area contributed by atoms with Gasteiger partial charge in [-0.3, -0.25) is 4.79 Å². The molecule has 28 heavy (non-hydrogen) atoms. The Morgan fingerprint density at radius 1 is 0.964 bits per heavy atom. The summed E-state index contributed by atoms with van der Waals surface area (Å²) in [5, 5.41) is 5.06. The highest BCUT2D eigenvalue weighted by atomic mass is 16.5. The number of fused-ring (bicyclic) bond motifs is 3. The standard InChI is InChI=1S/C24H23NO3/c1-4-21(27-18-11-9-15(2)16(3)13-18)24(26)25-17-10-12-20-19-7-5-6-8-22(19)28-23(20)14-17/h5-14,21H,4H2,1-3H3,(H,25,26)/t21-/m0/s1. The molecule has 1 aromatic heterocycles. The summed E-state index contributed by atoms with van der Waals surface area (Å²) in [4.78, 5) is 12.7. The number of anilines is 1. The SMILES string of the molecule is CC[C@H](Oc1ccc(C)c(C)c1)C(=O)Nc1ccc2c(c1)oc1ccccc12. The van der Waals surface area contributed by atoms with Crippen LogP contribution in [0.15, 0.2) is 65.1 Å². The number of furan rings is 1. The molecule has 142 valence electrons. The van der Waals surface area contributed by atoms with Crippen molar-refractivity contribution in [2.75, 3.05) is 5.32 Å². The zero-order valence-electron chi connectivity index (χ0n) is 16.3. The number of para-hydroxylation sites is 1. The first-order valence-electron chi connectivity index (χ1n) is 9.51. The molecule has 0 aliphatic carbocycles. The highest BCUT2D eigenvalue weighted by Gasteiger charge is 2.19. The third kappa shape index (κ3) is 3.46. The maximum absolute atomic E-state index is 12.7. The van der Waals surface area contributed by atoms with Crippen LogP contribution < -0.4 is 10.1 Å². The number of carbonyl (C=O) groups excluding carboxylic acids is 1. The highest BCUT2D eigenvalue weighted by Crippen LogP contribution is 2.30. The second-order valence-corrected chi connectivity index (χ2v) is 7.06. The lowest BCUT2D eigenvalue weighted by molar-refractivity contribution is -0.122. The molecular weight excluding hydrogens is 350 g/mol. The van der Waals surface area contributed by atoms with Crippen LogP contribution in [0.5, 0.6) is 5.75 Å². The number of benzene rings is 3. The number of amides is 1. The van der Waals surface area contributed by atoms with Crippen LogP contribution in [-0.2, 0) is 4.79 Å². The van der Waals surface area contributed by atoms with Gasteiger partial charge in [0.15, 0.2) is 6.10 Å². The van der Waals surface area contributed by atoms with Gasteiger partial charge in [0.25, 0.3) is 5.91 Å². The smallest absolute Gasteiger partial charge is 0.265 e. The first kappa shape index (κ1) is 18.1. The zero-order valence-corrected chi connectivity index (χ0v) is 16.3. The Labute approximate surface area is 164 Å². The minimum atomic E-state index is -0.562. The Hall–Kier alpha value is -3.27. The van der Waals surface area contributed by atoms with E-state index in [4.69, 9.17) is 9.15 Å². The molecule has 4 rings (SSSR count). The van der Waals surface area contributed by atoms with Crippen molar-refractivity contribution in [2.45, 2.75) is 33.3 Å². The Kier molecular flexibility index (Phi) is 4.78. The summed E-state index contributed by atoms with van der Waals surface area (Å²) < 4.78 is 11.8. The van der Waals surface area contributed by atoms with Crippen molar-refractivity contribution in [3.63, 3.8) is 0 Å². The van der Waals surface area contributed by atoms with E-state index in [-0.39, 0.29) is 5.91 Å². The van der Waals surface area contributed by atoms with Crippen LogP contribution in [0, 0.1) is 13.8 Å². The summed E-state index contributed by atoms with van der Waals surface area (Å²) in [6, 6.07) is 19.5. The minimum Gasteiger partial charge on any atom is -0.481 e. The van der Waals surface area contributed by atoms with Crippen molar-refractivity contribution in [2.24, 2.45) is 0 Å². The van der Waals surface area contributed by atoms with Crippen LogP contribution in [0.2, 0.25) is 0 Å². The van der Waals surface area contributed by atoms with Gasteiger partial charge in [-0.15, -0.1) is 0 Å². The summed E-state index contributed by atoms with van der Waals surface area (Å²) in [7, 11) is 0. The number of carbonyl (C=O) groups is 1. The molecule has 0 aliphatic rings. The van der Waals surface area contributed by atoms with Gasteiger partial charge in [0.1, 0.15) is 16.9 Å². The van der Waals surface area contributed by atoms with E-state index in [1.165, 1.54) is 5.56 Å². The van der Waals surface area contributed by atoms with Gasteiger partial charge in [-0.25, -0.2) is 0 Å². The van der Waals surface area contributed by atoms with Gasteiger partial charge < -0.3 is 14.5 Å². The van der Waals surface area contributed by atoms with E-state index in [0.717, 1.165) is 27.5 Å². The number of ether oxygens (including phenoxy) is 1. The lowest BCUT2D eigenvalue weighted by Gasteiger charge is -2.18. The molecule has 0 aliphatic heterocycles. The normalized spacial score (nSPS) is 12.2. The van der Waals surface area contributed by atoms with Crippen molar-refractivity contribution in [3.05, 3.63) is 71.8 Å². The van der Waals surface area contributed by atoms with Gasteiger partial charge in [0.05, 0.1) is 0 Å². The molecule has 0 unspecified atom stereocenters. The van der Waals surface area contributed by atoms with E-state index < -0.39 is 6.10 Å². The summed E-state index contributed by atoms with van der Waals surface area (Å²) >= 11 is 0.